The van der Waals surface area contributed by atoms with Crippen LogP contribution in [0.15, 0.2) is 42.5 Å². The van der Waals surface area contributed by atoms with Gasteiger partial charge in [-0.2, -0.15) is 0 Å². The number of carbonyl (C=O) groups excluding carboxylic acids is 1. The van der Waals surface area contributed by atoms with Gasteiger partial charge in [0, 0.05) is 22.6 Å². The molecule has 1 aliphatic rings. The molecule has 3 rings (SSSR count). The summed E-state index contributed by atoms with van der Waals surface area (Å²) < 4.78 is 11.0. The molecule has 0 bridgehead atoms. The van der Waals surface area contributed by atoms with Crippen molar-refractivity contribution in [2.24, 2.45) is 11.3 Å². The Hall–Kier alpha value is -2.29. The third-order valence-corrected chi connectivity index (χ3v) is 5.92. The molecule has 3 heteroatoms. The molecule has 2 aromatic rings. The number of hydrogen-bond acceptors (Lipinski definition) is 3. The summed E-state index contributed by atoms with van der Waals surface area (Å²) in [6, 6.07) is 10.3. The van der Waals surface area contributed by atoms with Crippen molar-refractivity contribution in [2.45, 2.75) is 39.5 Å². The number of ether oxygens (including phenoxy) is 2. The second-order valence-electron chi connectivity index (χ2n) is 7.74. The lowest BCUT2D eigenvalue weighted by molar-refractivity contribution is -0.130. The van der Waals surface area contributed by atoms with Gasteiger partial charge in [-0.1, -0.05) is 38.1 Å². The summed E-state index contributed by atoms with van der Waals surface area (Å²) in [4.78, 5) is 12.3. The van der Waals surface area contributed by atoms with Crippen LogP contribution in [0, 0.1) is 11.3 Å². The van der Waals surface area contributed by atoms with Gasteiger partial charge in [0.1, 0.15) is 17.3 Å². The Balaban J connectivity index is 1.87. The number of aryl methyl sites for hydroxylation is 1. The number of Topliss-reactive ketones (excluding diaryl/α,β-unsaturated/α-hetero) is 1. The highest BCUT2D eigenvalue weighted by molar-refractivity contribution is 5.93. The first-order valence-electron chi connectivity index (χ1n) is 9.23. The Labute approximate surface area is 156 Å². The zero-order valence-corrected chi connectivity index (χ0v) is 16.2. The van der Waals surface area contributed by atoms with Crippen molar-refractivity contribution in [3.8, 4) is 11.5 Å². The first kappa shape index (κ1) is 18.5. The van der Waals surface area contributed by atoms with E-state index < -0.39 is 0 Å². The monoisotopic (exact) mass is 352 g/mol. The van der Waals surface area contributed by atoms with E-state index >= 15 is 0 Å². The van der Waals surface area contributed by atoms with Crippen molar-refractivity contribution < 1.29 is 14.3 Å². The minimum atomic E-state index is -0.312. The van der Waals surface area contributed by atoms with Crippen molar-refractivity contribution in [3.63, 3.8) is 0 Å². The van der Waals surface area contributed by atoms with Gasteiger partial charge in [0.25, 0.3) is 0 Å². The van der Waals surface area contributed by atoms with Crippen LogP contribution in [0.4, 0.5) is 0 Å². The molecule has 0 saturated heterocycles. The highest BCUT2D eigenvalue weighted by Crippen LogP contribution is 2.43. The van der Waals surface area contributed by atoms with E-state index in [2.05, 4.69) is 38.6 Å². The first-order valence-corrected chi connectivity index (χ1v) is 9.23. The van der Waals surface area contributed by atoms with E-state index in [1.807, 2.05) is 12.1 Å². The standard InChI is InChI=1S/C23H28O3/c1-15-6-13-22(24)23(2,3)19(15)10-8-16-7-9-17-18(14-16)21(26-5)12-11-20(17)25-4/h7,9,11-12,14,19H,1,6,8,10,13H2,2-5H3/t19-/m0/s1. The summed E-state index contributed by atoms with van der Waals surface area (Å²) in [5.74, 6) is 2.30. The molecule has 3 nitrogen and oxygen atoms in total. The Bertz CT molecular complexity index is 848. The van der Waals surface area contributed by atoms with Crippen LogP contribution in [0.5, 0.6) is 11.5 Å². The summed E-state index contributed by atoms with van der Waals surface area (Å²) in [6.07, 6.45) is 3.32. The molecular weight excluding hydrogens is 324 g/mol. The number of fused-ring (bicyclic) bond motifs is 1. The van der Waals surface area contributed by atoms with Gasteiger partial charge in [-0.15, -0.1) is 0 Å². The molecule has 0 radical (unpaired) electrons. The zero-order chi connectivity index (χ0) is 18.9. The fourth-order valence-electron chi connectivity index (χ4n) is 4.20. The molecular formula is C23H28O3. The molecule has 0 N–H and O–H groups in total. The minimum absolute atomic E-state index is 0.242. The van der Waals surface area contributed by atoms with Crippen LogP contribution >= 0.6 is 0 Å². The highest BCUT2D eigenvalue weighted by Gasteiger charge is 2.40. The van der Waals surface area contributed by atoms with E-state index in [4.69, 9.17) is 9.47 Å². The fourth-order valence-corrected chi connectivity index (χ4v) is 4.20. The number of methoxy groups -OCH3 is 2. The SMILES string of the molecule is C=C1CCC(=O)C(C)(C)[C@H]1CCc1ccc2c(OC)ccc(OC)c2c1. The molecule has 0 amide bonds. The predicted octanol–water partition coefficient (Wildman–Crippen LogP) is 5.35. The van der Waals surface area contributed by atoms with Gasteiger partial charge in [0.15, 0.2) is 0 Å². The number of ketones is 1. The van der Waals surface area contributed by atoms with Crippen LogP contribution in [0.2, 0.25) is 0 Å². The van der Waals surface area contributed by atoms with Crippen molar-refractivity contribution in [3.05, 3.63) is 48.0 Å². The lowest BCUT2D eigenvalue weighted by Gasteiger charge is -2.39. The van der Waals surface area contributed by atoms with E-state index in [-0.39, 0.29) is 11.3 Å². The lowest BCUT2D eigenvalue weighted by atomic mass is 9.64. The average molecular weight is 352 g/mol. The van der Waals surface area contributed by atoms with E-state index in [0.29, 0.717) is 12.2 Å². The number of carbonyl (C=O) groups is 1. The maximum absolute atomic E-state index is 12.3. The van der Waals surface area contributed by atoms with Crippen molar-refractivity contribution >= 4 is 16.6 Å². The lowest BCUT2D eigenvalue weighted by Crippen LogP contribution is -2.38. The van der Waals surface area contributed by atoms with Gasteiger partial charge in [0.05, 0.1) is 14.2 Å². The number of hydrogen-bond donors (Lipinski definition) is 0. The summed E-state index contributed by atoms with van der Waals surface area (Å²) in [5.41, 5.74) is 2.15. The van der Waals surface area contributed by atoms with Crippen LogP contribution in [0.3, 0.4) is 0 Å². The average Bonchev–Trinajstić information content (AvgIpc) is 2.63. The summed E-state index contributed by atoms with van der Waals surface area (Å²) in [7, 11) is 3.37. The smallest absolute Gasteiger partial charge is 0.139 e. The highest BCUT2D eigenvalue weighted by atomic mass is 16.5. The third kappa shape index (κ3) is 3.23. The van der Waals surface area contributed by atoms with Crippen LogP contribution in [0.1, 0.15) is 38.7 Å². The van der Waals surface area contributed by atoms with Gasteiger partial charge in [0.2, 0.25) is 0 Å². The minimum Gasteiger partial charge on any atom is -0.496 e. The Kier molecular flexibility index (Phi) is 5.08. The molecule has 1 fully saturated rings. The normalized spacial score (nSPS) is 19.6. The van der Waals surface area contributed by atoms with Crippen molar-refractivity contribution in [1.82, 2.24) is 0 Å². The predicted molar refractivity (Wildman–Crippen MR) is 106 cm³/mol. The van der Waals surface area contributed by atoms with Gasteiger partial charge in [-0.25, -0.2) is 0 Å². The van der Waals surface area contributed by atoms with E-state index in [9.17, 15) is 4.79 Å². The second kappa shape index (κ2) is 7.14. The molecule has 26 heavy (non-hydrogen) atoms. The maximum Gasteiger partial charge on any atom is 0.139 e. The van der Waals surface area contributed by atoms with E-state index in [1.165, 1.54) is 11.1 Å². The number of benzene rings is 2. The number of rotatable bonds is 5. The largest absolute Gasteiger partial charge is 0.496 e. The van der Waals surface area contributed by atoms with Crippen LogP contribution in [-0.2, 0) is 11.2 Å². The Morgan fingerprint density at radius 3 is 2.35 bits per heavy atom. The Morgan fingerprint density at radius 1 is 1.04 bits per heavy atom. The van der Waals surface area contributed by atoms with Crippen molar-refractivity contribution in [2.75, 3.05) is 14.2 Å². The van der Waals surface area contributed by atoms with Gasteiger partial charge in [-0.05, 0) is 48.9 Å². The fraction of sp³-hybridized carbons (Fsp3) is 0.435. The number of allylic oxidation sites excluding steroid dienone is 1. The summed E-state index contributed by atoms with van der Waals surface area (Å²) in [5, 5.41) is 2.11. The summed E-state index contributed by atoms with van der Waals surface area (Å²) in [6.45, 7) is 8.39. The van der Waals surface area contributed by atoms with Crippen LogP contribution in [-0.4, -0.2) is 20.0 Å². The molecule has 0 aromatic heterocycles. The van der Waals surface area contributed by atoms with E-state index in [1.54, 1.807) is 14.2 Å². The van der Waals surface area contributed by atoms with Gasteiger partial charge < -0.3 is 9.47 Å². The van der Waals surface area contributed by atoms with Gasteiger partial charge >= 0.3 is 0 Å². The molecule has 1 saturated carbocycles. The molecule has 1 atom stereocenters. The molecule has 0 heterocycles. The van der Waals surface area contributed by atoms with Crippen LogP contribution < -0.4 is 9.47 Å². The molecule has 1 aliphatic carbocycles. The third-order valence-electron chi connectivity index (χ3n) is 5.92. The molecule has 138 valence electrons. The summed E-state index contributed by atoms with van der Waals surface area (Å²) >= 11 is 0. The first-order chi connectivity index (χ1) is 12.4. The second-order valence-corrected chi connectivity index (χ2v) is 7.74. The molecule has 0 unspecified atom stereocenters. The zero-order valence-electron chi connectivity index (χ0n) is 16.2. The quantitative estimate of drug-likeness (QED) is 0.680. The van der Waals surface area contributed by atoms with Crippen LogP contribution in [0.25, 0.3) is 10.8 Å². The Morgan fingerprint density at radius 2 is 1.69 bits per heavy atom. The molecule has 2 aromatic carbocycles. The maximum atomic E-state index is 12.3. The topological polar surface area (TPSA) is 35.5 Å². The van der Waals surface area contributed by atoms with Crippen molar-refractivity contribution in [1.29, 1.82) is 0 Å². The molecule has 0 aliphatic heterocycles. The van der Waals surface area contributed by atoms with E-state index in [0.717, 1.165) is 41.5 Å². The van der Waals surface area contributed by atoms with Gasteiger partial charge in [-0.3, -0.25) is 4.79 Å². The molecule has 0 spiro atoms.